The number of benzene rings is 2. The highest BCUT2D eigenvalue weighted by Crippen LogP contribution is 2.33. The minimum absolute atomic E-state index is 0.117. The predicted molar refractivity (Wildman–Crippen MR) is 133 cm³/mol. The maximum Gasteiger partial charge on any atom is 0.325 e. The maximum atomic E-state index is 13.6. The van der Waals surface area contributed by atoms with Crippen molar-refractivity contribution in [1.29, 1.82) is 0 Å². The van der Waals surface area contributed by atoms with Crippen LogP contribution in [0, 0.1) is 0 Å². The fourth-order valence-electron chi connectivity index (χ4n) is 4.40. The lowest BCUT2D eigenvalue weighted by Gasteiger charge is -2.27. The van der Waals surface area contributed by atoms with Crippen LogP contribution in [0.1, 0.15) is 24.5 Å². The van der Waals surface area contributed by atoms with E-state index in [0.29, 0.717) is 34.7 Å². The highest BCUT2D eigenvalue weighted by molar-refractivity contribution is 6.10. The van der Waals surface area contributed by atoms with Gasteiger partial charge >= 0.3 is 6.03 Å². The monoisotopic (exact) mass is 491 g/mol. The van der Waals surface area contributed by atoms with E-state index in [4.69, 9.17) is 9.47 Å². The minimum Gasteiger partial charge on any atom is -0.497 e. The molecule has 1 saturated heterocycles. The van der Waals surface area contributed by atoms with Crippen LogP contribution in [0.15, 0.2) is 60.9 Å². The van der Waals surface area contributed by atoms with Gasteiger partial charge in [0.2, 0.25) is 5.91 Å². The molecule has 2 heterocycles. The van der Waals surface area contributed by atoms with Gasteiger partial charge in [0.1, 0.15) is 23.6 Å². The third-order valence-electron chi connectivity index (χ3n) is 6.39. The molecule has 1 fully saturated rings. The molecule has 4 amide bonds. The molecule has 0 saturated carbocycles. The van der Waals surface area contributed by atoms with Gasteiger partial charge in [-0.25, -0.2) is 4.79 Å². The molecule has 4 rings (SSSR count). The van der Waals surface area contributed by atoms with E-state index in [1.807, 2.05) is 25.1 Å². The van der Waals surface area contributed by atoms with Crippen molar-refractivity contribution >= 4 is 23.5 Å². The number of hydrogen-bond acceptors (Lipinski definition) is 6. The van der Waals surface area contributed by atoms with E-state index < -0.39 is 29.9 Å². The van der Waals surface area contributed by atoms with Crippen LogP contribution in [0.25, 0.3) is 0 Å². The average molecular weight is 492 g/mol. The van der Waals surface area contributed by atoms with Crippen LogP contribution >= 0.6 is 0 Å². The van der Waals surface area contributed by atoms with Crippen LogP contribution in [0.3, 0.4) is 0 Å². The second kappa shape index (κ2) is 10.1. The van der Waals surface area contributed by atoms with Crippen molar-refractivity contribution in [2.75, 3.05) is 25.7 Å². The van der Waals surface area contributed by atoms with Crippen molar-refractivity contribution < 1.29 is 23.9 Å². The van der Waals surface area contributed by atoms with Gasteiger partial charge in [0.25, 0.3) is 5.91 Å². The van der Waals surface area contributed by atoms with Gasteiger partial charge in [-0.1, -0.05) is 37.3 Å². The molecule has 1 N–H and O–H groups in total. The van der Waals surface area contributed by atoms with Crippen LogP contribution in [0.4, 0.5) is 10.5 Å². The first-order chi connectivity index (χ1) is 17.3. The summed E-state index contributed by atoms with van der Waals surface area (Å²) in [6.45, 7) is 1.51. The van der Waals surface area contributed by atoms with Gasteiger partial charge in [-0.3, -0.25) is 19.2 Å². The number of rotatable bonds is 9. The molecule has 2 aromatic carbocycles. The van der Waals surface area contributed by atoms with Crippen LogP contribution in [-0.2, 0) is 28.7 Å². The number of anilines is 1. The summed E-state index contributed by atoms with van der Waals surface area (Å²) in [5.41, 5.74) is 0.669. The summed E-state index contributed by atoms with van der Waals surface area (Å²) < 4.78 is 12.4. The molecular formula is C26H29N5O5. The molecule has 1 aromatic heterocycles. The number of carbonyl (C=O) groups excluding carboxylic acids is 3. The molecular weight excluding hydrogens is 462 g/mol. The summed E-state index contributed by atoms with van der Waals surface area (Å²) in [5.74, 6) is 0.270. The molecule has 3 aromatic rings. The topological polar surface area (TPSA) is 106 Å². The van der Waals surface area contributed by atoms with E-state index in [1.54, 1.807) is 68.7 Å². The second-order valence-corrected chi connectivity index (χ2v) is 8.48. The molecule has 0 unspecified atom stereocenters. The molecule has 0 spiro atoms. The number of ether oxygens (including phenoxy) is 2. The number of carbonyl (C=O) groups is 3. The van der Waals surface area contributed by atoms with Crippen LogP contribution in [-0.4, -0.2) is 53.3 Å². The van der Waals surface area contributed by atoms with Gasteiger partial charge in [-0.05, 0) is 30.2 Å². The lowest BCUT2D eigenvalue weighted by molar-refractivity contribution is -0.134. The molecule has 188 valence electrons. The first kappa shape index (κ1) is 24.8. The van der Waals surface area contributed by atoms with E-state index in [0.717, 1.165) is 4.90 Å². The predicted octanol–water partition coefficient (Wildman–Crippen LogP) is 2.83. The molecule has 10 nitrogen and oxygen atoms in total. The summed E-state index contributed by atoms with van der Waals surface area (Å²) in [5, 5.41) is 7.00. The standard InChI is InChI=1S/C26H29N5O5/c1-5-26(19-9-7-6-8-10-19)24(33)31(25(34)28-26)17-23(32)30(20-14-27-29(2)16-20)15-18-13-21(35-3)11-12-22(18)36-4/h6-14,16H,5,15,17H2,1-4H3,(H,28,34)/t26-/m1/s1. The Labute approximate surface area is 209 Å². The van der Waals surface area contributed by atoms with E-state index in [9.17, 15) is 14.4 Å². The Balaban J connectivity index is 1.64. The Kier molecular flexibility index (Phi) is 6.96. The largest absolute Gasteiger partial charge is 0.497 e. The normalized spacial score (nSPS) is 17.2. The molecule has 36 heavy (non-hydrogen) atoms. The molecule has 0 aliphatic carbocycles. The third kappa shape index (κ3) is 4.49. The Hall–Kier alpha value is -4.34. The smallest absolute Gasteiger partial charge is 0.325 e. The van der Waals surface area contributed by atoms with Crippen LogP contribution < -0.4 is 19.7 Å². The number of urea groups is 1. The molecule has 0 radical (unpaired) electrons. The molecule has 1 aliphatic rings. The van der Waals surface area contributed by atoms with E-state index >= 15 is 0 Å². The first-order valence-electron chi connectivity index (χ1n) is 11.5. The Morgan fingerprint density at radius 3 is 2.47 bits per heavy atom. The number of nitrogens with one attached hydrogen (secondary N) is 1. The highest BCUT2D eigenvalue weighted by atomic mass is 16.5. The highest BCUT2D eigenvalue weighted by Gasteiger charge is 2.51. The summed E-state index contributed by atoms with van der Waals surface area (Å²) >= 11 is 0. The van der Waals surface area contributed by atoms with E-state index in [2.05, 4.69) is 10.4 Å². The number of aryl methyl sites for hydroxylation is 1. The van der Waals surface area contributed by atoms with Crippen molar-refractivity contribution in [1.82, 2.24) is 20.0 Å². The third-order valence-corrected chi connectivity index (χ3v) is 6.39. The van der Waals surface area contributed by atoms with Crippen LogP contribution in [0.2, 0.25) is 0 Å². The molecule has 0 bridgehead atoms. The van der Waals surface area contributed by atoms with Crippen LogP contribution in [0.5, 0.6) is 11.5 Å². The number of hydrogen-bond donors (Lipinski definition) is 1. The minimum atomic E-state index is -1.21. The fraction of sp³-hybridized carbons (Fsp3) is 0.308. The first-order valence-corrected chi connectivity index (χ1v) is 11.5. The average Bonchev–Trinajstić information content (AvgIpc) is 3.43. The summed E-state index contributed by atoms with van der Waals surface area (Å²) in [6, 6.07) is 13.7. The molecule has 10 heteroatoms. The molecule has 1 aliphatic heterocycles. The lowest BCUT2D eigenvalue weighted by atomic mass is 9.87. The van der Waals surface area contributed by atoms with Crippen molar-refractivity contribution in [3.05, 3.63) is 72.1 Å². The van der Waals surface area contributed by atoms with Gasteiger partial charge < -0.3 is 19.7 Å². The molecule has 1 atom stereocenters. The van der Waals surface area contributed by atoms with Gasteiger partial charge in [-0.15, -0.1) is 0 Å². The summed E-state index contributed by atoms with van der Waals surface area (Å²) in [6.07, 6.45) is 3.59. The zero-order valence-electron chi connectivity index (χ0n) is 20.7. The summed E-state index contributed by atoms with van der Waals surface area (Å²) in [4.78, 5) is 42.6. The number of nitrogens with zero attached hydrogens (tertiary/aromatic N) is 4. The Bertz CT molecular complexity index is 1270. The zero-order chi connectivity index (χ0) is 25.9. The van der Waals surface area contributed by atoms with Gasteiger partial charge in [0, 0.05) is 18.8 Å². The van der Waals surface area contributed by atoms with Gasteiger partial charge in [-0.2, -0.15) is 5.10 Å². The van der Waals surface area contributed by atoms with Crippen molar-refractivity contribution in [3.63, 3.8) is 0 Å². The van der Waals surface area contributed by atoms with Crippen molar-refractivity contribution in [2.45, 2.75) is 25.4 Å². The van der Waals surface area contributed by atoms with Crippen molar-refractivity contribution in [2.24, 2.45) is 7.05 Å². The van der Waals surface area contributed by atoms with E-state index in [-0.39, 0.29) is 6.54 Å². The van der Waals surface area contributed by atoms with Gasteiger partial charge in [0.15, 0.2) is 0 Å². The number of aromatic nitrogens is 2. The lowest BCUT2D eigenvalue weighted by Crippen LogP contribution is -2.45. The number of imide groups is 1. The quantitative estimate of drug-likeness (QED) is 0.462. The second-order valence-electron chi connectivity index (χ2n) is 8.48. The Morgan fingerprint density at radius 1 is 1.11 bits per heavy atom. The summed E-state index contributed by atoms with van der Waals surface area (Å²) in [7, 11) is 4.84. The zero-order valence-corrected chi connectivity index (χ0v) is 20.7. The maximum absolute atomic E-state index is 13.6. The number of amides is 4. The van der Waals surface area contributed by atoms with E-state index in [1.165, 1.54) is 4.90 Å². The Morgan fingerprint density at radius 2 is 1.86 bits per heavy atom. The van der Waals surface area contributed by atoms with Gasteiger partial charge in [0.05, 0.1) is 32.6 Å². The fourth-order valence-corrected chi connectivity index (χ4v) is 4.40. The number of methoxy groups -OCH3 is 2. The van der Waals surface area contributed by atoms with Crippen molar-refractivity contribution in [3.8, 4) is 11.5 Å². The SMILES string of the molecule is CC[C@]1(c2ccccc2)NC(=O)N(CC(=O)N(Cc2cc(OC)ccc2OC)c2cnn(C)c2)C1=O.